The van der Waals surface area contributed by atoms with Crippen LogP contribution in [0.25, 0.3) is 0 Å². The van der Waals surface area contributed by atoms with Crippen molar-refractivity contribution >= 4 is 17.7 Å². The van der Waals surface area contributed by atoms with E-state index in [1.165, 1.54) is 6.07 Å². The smallest absolute Gasteiger partial charge is 0.410 e. The largest absolute Gasteiger partial charge is 0.477 e. The third kappa shape index (κ3) is 4.34. The molecule has 126 valence electrons. The lowest BCUT2D eigenvalue weighted by molar-refractivity contribution is 0.0158. The maximum atomic E-state index is 12.2. The number of pyridine rings is 1. The molecule has 7 heteroatoms. The Labute approximate surface area is 135 Å². The first-order valence-electron chi connectivity index (χ1n) is 7.61. The molecule has 1 N–H and O–H groups in total. The molecule has 0 radical (unpaired) electrons. The van der Waals surface area contributed by atoms with Crippen molar-refractivity contribution < 1.29 is 19.4 Å². The Balaban J connectivity index is 2.00. The van der Waals surface area contributed by atoms with E-state index < -0.39 is 11.6 Å². The number of rotatable bonds is 2. The van der Waals surface area contributed by atoms with Gasteiger partial charge in [-0.25, -0.2) is 14.6 Å². The van der Waals surface area contributed by atoms with E-state index in [-0.39, 0.29) is 17.8 Å². The lowest BCUT2D eigenvalue weighted by Crippen LogP contribution is -2.55. The van der Waals surface area contributed by atoms with Gasteiger partial charge in [-0.3, -0.25) is 0 Å². The van der Waals surface area contributed by atoms with E-state index in [2.05, 4.69) is 9.88 Å². The summed E-state index contributed by atoms with van der Waals surface area (Å²) in [5.74, 6) is -1.04. The molecular formula is C16H23N3O4. The van der Waals surface area contributed by atoms with Gasteiger partial charge in [-0.15, -0.1) is 0 Å². The van der Waals surface area contributed by atoms with Gasteiger partial charge in [0, 0.05) is 25.7 Å². The van der Waals surface area contributed by atoms with E-state index in [1.54, 1.807) is 17.2 Å². The first kappa shape index (κ1) is 17.1. The zero-order chi connectivity index (χ0) is 17.2. The summed E-state index contributed by atoms with van der Waals surface area (Å²) in [6.07, 6.45) is 1.25. The maximum absolute atomic E-state index is 12.2. The predicted octanol–water partition coefficient (Wildman–Crippen LogP) is 2.23. The molecule has 1 atom stereocenters. The highest BCUT2D eigenvalue weighted by Gasteiger charge is 2.31. The fourth-order valence-corrected chi connectivity index (χ4v) is 2.48. The van der Waals surface area contributed by atoms with E-state index in [0.717, 1.165) is 5.69 Å². The average molecular weight is 321 g/mol. The summed E-state index contributed by atoms with van der Waals surface area (Å²) >= 11 is 0. The number of carboxylic acid groups (broad SMARTS) is 1. The van der Waals surface area contributed by atoms with Crippen LogP contribution in [0.2, 0.25) is 0 Å². The summed E-state index contributed by atoms with van der Waals surface area (Å²) < 4.78 is 5.42. The topological polar surface area (TPSA) is 83.0 Å². The van der Waals surface area contributed by atoms with E-state index in [4.69, 9.17) is 9.84 Å². The molecule has 1 saturated heterocycles. The summed E-state index contributed by atoms with van der Waals surface area (Å²) in [5.41, 5.74) is 0.365. The van der Waals surface area contributed by atoms with Gasteiger partial charge in [0.05, 0.1) is 11.9 Å². The molecule has 1 aromatic heterocycles. The zero-order valence-electron chi connectivity index (χ0n) is 13.9. The molecule has 0 unspecified atom stereocenters. The standard InChI is InChI=1S/C16H23N3O4/c1-11-10-18(12-5-6-13(14(20)21)17-9-12)7-8-19(11)15(22)23-16(2,3)4/h5-6,9,11H,7-8,10H2,1-4H3,(H,20,21)/t11-/m1/s1. The van der Waals surface area contributed by atoms with Crippen molar-refractivity contribution in [2.45, 2.75) is 39.3 Å². The van der Waals surface area contributed by atoms with Crippen LogP contribution < -0.4 is 4.90 Å². The van der Waals surface area contributed by atoms with Crippen LogP contribution in [-0.4, -0.2) is 58.3 Å². The highest BCUT2D eigenvalue weighted by molar-refractivity contribution is 5.85. The Morgan fingerprint density at radius 1 is 1.30 bits per heavy atom. The Bertz CT molecular complexity index is 580. The normalized spacial score (nSPS) is 18.7. The first-order chi connectivity index (χ1) is 10.7. The Morgan fingerprint density at radius 2 is 2.00 bits per heavy atom. The van der Waals surface area contributed by atoms with Crippen LogP contribution in [0.1, 0.15) is 38.2 Å². The lowest BCUT2D eigenvalue weighted by atomic mass is 10.1. The number of amides is 1. The van der Waals surface area contributed by atoms with Gasteiger partial charge in [0.25, 0.3) is 0 Å². The van der Waals surface area contributed by atoms with Gasteiger partial charge in [-0.2, -0.15) is 0 Å². The van der Waals surface area contributed by atoms with Crippen LogP contribution in [0, 0.1) is 0 Å². The van der Waals surface area contributed by atoms with Gasteiger partial charge in [-0.05, 0) is 39.8 Å². The number of hydrogen-bond acceptors (Lipinski definition) is 5. The van der Waals surface area contributed by atoms with Gasteiger partial charge in [0.15, 0.2) is 0 Å². The molecule has 1 fully saturated rings. The maximum Gasteiger partial charge on any atom is 0.410 e. The number of hydrogen-bond donors (Lipinski definition) is 1. The average Bonchev–Trinajstić information content (AvgIpc) is 2.45. The van der Waals surface area contributed by atoms with Crippen LogP contribution in [-0.2, 0) is 4.74 Å². The minimum Gasteiger partial charge on any atom is -0.477 e. The van der Waals surface area contributed by atoms with Crippen LogP contribution >= 0.6 is 0 Å². The third-order valence-electron chi connectivity index (χ3n) is 3.59. The van der Waals surface area contributed by atoms with Gasteiger partial charge < -0.3 is 19.6 Å². The number of carbonyl (C=O) groups is 2. The lowest BCUT2D eigenvalue weighted by Gasteiger charge is -2.41. The van der Waals surface area contributed by atoms with Crippen molar-refractivity contribution in [3.05, 3.63) is 24.0 Å². The number of aromatic carboxylic acids is 1. The zero-order valence-corrected chi connectivity index (χ0v) is 13.9. The van der Waals surface area contributed by atoms with Crippen molar-refractivity contribution in [1.29, 1.82) is 0 Å². The fraction of sp³-hybridized carbons (Fsp3) is 0.562. The molecule has 1 aromatic rings. The van der Waals surface area contributed by atoms with Gasteiger partial charge in [0.1, 0.15) is 11.3 Å². The molecular weight excluding hydrogens is 298 g/mol. The van der Waals surface area contributed by atoms with E-state index >= 15 is 0 Å². The first-order valence-corrected chi connectivity index (χ1v) is 7.61. The highest BCUT2D eigenvalue weighted by Crippen LogP contribution is 2.20. The van der Waals surface area contributed by atoms with Crippen LogP contribution in [0.15, 0.2) is 18.3 Å². The minimum atomic E-state index is -1.04. The number of carbonyl (C=O) groups excluding carboxylic acids is 1. The van der Waals surface area contributed by atoms with E-state index in [9.17, 15) is 9.59 Å². The van der Waals surface area contributed by atoms with Crippen molar-refractivity contribution in [1.82, 2.24) is 9.88 Å². The molecule has 0 bridgehead atoms. The Morgan fingerprint density at radius 3 is 2.48 bits per heavy atom. The summed E-state index contributed by atoms with van der Waals surface area (Å²) in [6, 6.07) is 3.23. The van der Waals surface area contributed by atoms with Crippen molar-refractivity contribution in [2.75, 3.05) is 24.5 Å². The van der Waals surface area contributed by atoms with Crippen molar-refractivity contribution in [3.63, 3.8) is 0 Å². The number of nitrogens with zero attached hydrogens (tertiary/aromatic N) is 3. The molecule has 2 rings (SSSR count). The van der Waals surface area contributed by atoms with Gasteiger partial charge in [-0.1, -0.05) is 0 Å². The molecule has 1 amide bonds. The minimum absolute atomic E-state index is 0.00208. The van der Waals surface area contributed by atoms with E-state index in [1.807, 2.05) is 27.7 Å². The summed E-state index contributed by atoms with van der Waals surface area (Å²) in [5, 5.41) is 8.88. The summed E-state index contributed by atoms with van der Waals surface area (Å²) in [4.78, 5) is 30.8. The summed E-state index contributed by atoms with van der Waals surface area (Å²) in [6.45, 7) is 9.36. The molecule has 7 nitrogen and oxygen atoms in total. The number of anilines is 1. The second-order valence-electron chi connectivity index (χ2n) is 6.68. The molecule has 23 heavy (non-hydrogen) atoms. The van der Waals surface area contributed by atoms with Crippen LogP contribution in [0.5, 0.6) is 0 Å². The van der Waals surface area contributed by atoms with Crippen LogP contribution in [0.4, 0.5) is 10.5 Å². The van der Waals surface area contributed by atoms with Gasteiger partial charge in [0.2, 0.25) is 0 Å². The molecule has 1 aliphatic rings. The Kier molecular flexibility index (Phi) is 4.77. The molecule has 0 saturated carbocycles. The van der Waals surface area contributed by atoms with E-state index in [0.29, 0.717) is 19.6 Å². The quantitative estimate of drug-likeness (QED) is 0.899. The molecule has 0 aromatic carbocycles. The monoisotopic (exact) mass is 321 g/mol. The highest BCUT2D eigenvalue weighted by atomic mass is 16.6. The number of piperazine rings is 1. The second-order valence-corrected chi connectivity index (χ2v) is 6.68. The number of carboxylic acids is 1. The van der Waals surface area contributed by atoms with Crippen LogP contribution in [0.3, 0.4) is 0 Å². The molecule has 1 aliphatic heterocycles. The predicted molar refractivity (Wildman–Crippen MR) is 85.8 cm³/mol. The fourth-order valence-electron chi connectivity index (χ4n) is 2.48. The molecule has 2 heterocycles. The third-order valence-corrected chi connectivity index (χ3v) is 3.59. The van der Waals surface area contributed by atoms with Gasteiger partial charge >= 0.3 is 12.1 Å². The van der Waals surface area contributed by atoms with Crippen molar-refractivity contribution in [2.24, 2.45) is 0 Å². The summed E-state index contributed by atoms with van der Waals surface area (Å²) in [7, 11) is 0. The second kappa shape index (κ2) is 6.44. The molecule has 0 aliphatic carbocycles. The number of aromatic nitrogens is 1. The number of ether oxygens (including phenoxy) is 1. The Hall–Kier alpha value is -2.31. The SMILES string of the molecule is C[C@@H]1CN(c2ccc(C(=O)O)nc2)CCN1C(=O)OC(C)(C)C. The van der Waals surface area contributed by atoms with Crippen molar-refractivity contribution in [3.8, 4) is 0 Å². The molecule has 0 spiro atoms.